The number of rotatable bonds is 3. The number of imide groups is 1. The van der Waals surface area contributed by atoms with Gasteiger partial charge in [0.15, 0.2) is 5.79 Å². The molecule has 0 radical (unpaired) electrons. The van der Waals surface area contributed by atoms with Crippen molar-refractivity contribution in [3.05, 3.63) is 35.4 Å². The van der Waals surface area contributed by atoms with Gasteiger partial charge in [-0.2, -0.15) is 0 Å². The minimum Gasteiger partial charge on any atom is -0.344 e. The molecule has 0 aromatic heterocycles. The van der Waals surface area contributed by atoms with Crippen LogP contribution in [0, 0.1) is 5.92 Å². The molecule has 7 nitrogen and oxygen atoms in total. The van der Waals surface area contributed by atoms with Crippen molar-refractivity contribution in [3.63, 3.8) is 0 Å². The Morgan fingerprint density at radius 3 is 2.19 bits per heavy atom. The fourth-order valence-electron chi connectivity index (χ4n) is 4.24. The van der Waals surface area contributed by atoms with Crippen LogP contribution < -0.4 is 0 Å². The minimum atomic E-state index is -3.76. The van der Waals surface area contributed by atoms with E-state index in [2.05, 4.69) is 0 Å². The van der Waals surface area contributed by atoms with Crippen molar-refractivity contribution in [1.29, 1.82) is 0 Å². The summed E-state index contributed by atoms with van der Waals surface area (Å²) in [7, 11) is 1.68. The monoisotopic (exact) mass is 399 g/mol. The van der Waals surface area contributed by atoms with Crippen LogP contribution in [0.1, 0.15) is 41.0 Å². The Morgan fingerprint density at radius 1 is 1.12 bits per heavy atom. The van der Waals surface area contributed by atoms with E-state index in [-0.39, 0.29) is 12.2 Å². The molecule has 3 aliphatic rings. The highest BCUT2D eigenvalue weighted by Gasteiger charge is 2.58. The number of carbonyl (C=O) groups excluding carboxylic acids is 2. The predicted molar refractivity (Wildman–Crippen MR) is 92.3 cm³/mol. The second-order valence-corrected chi connectivity index (χ2v) is 10.2. The van der Waals surface area contributed by atoms with Crippen molar-refractivity contribution >= 4 is 31.5 Å². The zero-order valence-electron chi connectivity index (χ0n) is 14.2. The van der Waals surface area contributed by atoms with Gasteiger partial charge in [-0.25, -0.2) is 8.42 Å². The van der Waals surface area contributed by atoms with E-state index in [1.54, 1.807) is 38.1 Å². The molecule has 1 saturated heterocycles. The summed E-state index contributed by atoms with van der Waals surface area (Å²) in [4.78, 5) is 26.8. The van der Waals surface area contributed by atoms with Gasteiger partial charge in [-0.15, -0.1) is 0 Å². The molecule has 4 atom stereocenters. The fourth-order valence-corrected chi connectivity index (χ4v) is 5.56. The van der Waals surface area contributed by atoms with E-state index in [0.717, 1.165) is 0 Å². The molecule has 0 unspecified atom stereocenters. The Balaban J connectivity index is 1.69. The zero-order valence-corrected chi connectivity index (χ0v) is 15.8. The van der Waals surface area contributed by atoms with Crippen LogP contribution in [0.5, 0.6) is 0 Å². The Hall–Kier alpha value is -1.48. The lowest BCUT2D eigenvalue weighted by molar-refractivity contribution is -0.160. The van der Waals surface area contributed by atoms with Crippen LogP contribution >= 0.6 is 10.7 Å². The zero-order chi connectivity index (χ0) is 18.9. The molecule has 140 valence electrons. The van der Waals surface area contributed by atoms with Gasteiger partial charge in [0, 0.05) is 16.6 Å². The summed E-state index contributed by atoms with van der Waals surface area (Å²) in [5, 5.41) is 0. The van der Waals surface area contributed by atoms with Crippen LogP contribution in [-0.2, 0) is 18.5 Å². The summed E-state index contributed by atoms with van der Waals surface area (Å²) in [5.41, 5.74) is 0.696. The van der Waals surface area contributed by atoms with E-state index in [9.17, 15) is 18.0 Å². The second-order valence-electron chi connectivity index (χ2n) is 7.36. The number of hydrogen-bond donors (Lipinski definition) is 0. The molecular weight excluding hydrogens is 382 g/mol. The normalized spacial score (nSPS) is 32.8. The van der Waals surface area contributed by atoms with E-state index in [1.165, 1.54) is 4.90 Å². The number of fused-ring (bicyclic) bond motifs is 2. The molecule has 2 aliphatic heterocycles. The van der Waals surface area contributed by atoms with Gasteiger partial charge >= 0.3 is 0 Å². The van der Waals surface area contributed by atoms with Gasteiger partial charge in [-0.05, 0) is 32.4 Å². The summed E-state index contributed by atoms with van der Waals surface area (Å²) in [6.07, 6.45) is -0.869. The Morgan fingerprint density at radius 2 is 1.65 bits per heavy atom. The molecule has 9 heteroatoms. The summed E-state index contributed by atoms with van der Waals surface area (Å²) in [6, 6.07) is 6.02. The third-order valence-corrected chi connectivity index (χ3v) is 6.33. The van der Waals surface area contributed by atoms with Crippen LogP contribution in [0.3, 0.4) is 0 Å². The van der Waals surface area contributed by atoms with Crippen molar-refractivity contribution < 1.29 is 27.5 Å². The standard InChI is InChI=1S/C17H18ClNO6S/c1-17(2)24-13-9(8-26(18,22)23)7-12(14(13)25-17)19-15(20)10-5-3-4-6-11(10)16(19)21/h3-6,9,12-14H,7-8H2,1-2H3/t9-,12-,13-,14+/m1/s1. The van der Waals surface area contributed by atoms with Gasteiger partial charge in [0.1, 0.15) is 6.10 Å². The smallest absolute Gasteiger partial charge is 0.261 e. The van der Waals surface area contributed by atoms with Gasteiger partial charge in [-0.1, -0.05) is 12.1 Å². The number of hydrogen-bond acceptors (Lipinski definition) is 6. The Kier molecular flexibility index (Phi) is 3.97. The molecule has 1 aromatic rings. The highest BCUT2D eigenvalue weighted by atomic mass is 35.7. The molecule has 1 aromatic carbocycles. The van der Waals surface area contributed by atoms with Crippen molar-refractivity contribution in [2.24, 2.45) is 5.92 Å². The maximum Gasteiger partial charge on any atom is 0.261 e. The van der Waals surface area contributed by atoms with Gasteiger partial charge in [0.2, 0.25) is 9.05 Å². The molecule has 1 saturated carbocycles. The lowest BCUT2D eigenvalue weighted by atomic mass is 10.1. The second kappa shape index (κ2) is 5.76. The van der Waals surface area contributed by atoms with Crippen molar-refractivity contribution in [1.82, 2.24) is 4.90 Å². The molecule has 2 amide bonds. The molecule has 2 heterocycles. The maximum atomic E-state index is 12.8. The van der Waals surface area contributed by atoms with E-state index in [0.29, 0.717) is 11.1 Å². The number of amides is 2. The molecular formula is C17H18ClNO6S. The molecule has 26 heavy (non-hydrogen) atoms. The summed E-state index contributed by atoms with van der Waals surface area (Å²) in [6.45, 7) is 3.44. The number of nitrogens with zero attached hydrogens (tertiary/aromatic N) is 1. The molecule has 0 spiro atoms. The molecule has 0 bridgehead atoms. The average molecular weight is 400 g/mol. The molecule has 0 N–H and O–H groups in total. The van der Waals surface area contributed by atoms with Crippen LogP contribution in [-0.4, -0.2) is 54.9 Å². The lowest BCUT2D eigenvalue weighted by Crippen LogP contribution is -2.46. The topological polar surface area (TPSA) is 90.0 Å². The van der Waals surface area contributed by atoms with E-state index in [4.69, 9.17) is 20.2 Å². The maximum absolute atomic E-state index is 12.8. The van der Waals surface area contributed by atoms with E-state index < -0.39 is 50.8 Å². The first kappa shape index (κ1) is 17.9. The van der Waals surface area contributed by atoms with Crippen LogP contribution in [0.25, 0.3) is 0 Å². The van der Waals surface area contributed by atoms with Crippen LogP contribution in [0.4, 0.5) is 0 Å². The first-order chi connectivity index (χ1) is 12.1. The van der Waals surface area contributed by atoms with Crippen LogP contribution in [0.15, 0.2) is 24.3 Å². The van der Waals surface area contributed by atoms with Crippen molar-refractivity contribution in [3.8, 4) is 0 Å². The largest absolute Gasteiger partial charge is 0.344 e. The summed E-state index contributed by atoms with van der Waals surface area (Å²) < 4.78 is 35.0. The van der Waals surface area contributed by atoms with Crippen molar-refractivity contribution in [2.45, 2.75) is 44.3 Å². The third-order valence-electron chi connectivity index (χ3n) is 5.12. The fraction of sp³-hybridized carbons (Fsp3) is 0.529. The quantitative estimate of drug-likeness (QED) is 0.568. The number of benzene rings is 1. The SMILES string of the molecule is CC1(C)O[C@@H]2[C@@H](CS(=O)(=O)Cl)C[C@@H](N3C(=O)c4ccccc4C3=O)[C@@H]2O1. The Bertz CT molecular complexity index is 863. The number of carbonyl (C=O) groups is 2. The third kappa shape index (κ3) is 2.85. The van der Waals surface area contributed by atoms with Gasteiger partial charge in [0.25, 0.3) is 11.8 Å². The highest BCUT2D eigenvalue weighted by Crippen LogP contribution is 2.45. The molecule has 4 rings (SSSR count). The van der Waals surface area contributed by atoms with Gasteiger partial charge < -0.3 is 9.47 Å². The van der Waals surface area contributed by atoms with Gasteiger partial charge in [-0.3, -0.25) is 14.5 Å². The van der Waals surface area contributed by atoms with Crippen molar-refractivity contribution in [2.75, 3.05) is 5.75 Å². The summed E-state index contributed by atoms with van der Waals surface area (Å²) >= 11 is 0. The summed E-state index contributed by atoms with van der Waals surface area (Å²) in [5.74, 6) is -2.47. The first-order valence-electron chi connectivity index (χ1n) is 8.32. The highest BCUT2D eigenvalue weighted by molar-refractivity contribution is 8.13. The molecule has 2 fully saturated rings. The van der Waals surface area contributed by atoms with Crippen LogP contribution in [0.2, 0.25) is 0 Å². The van der Waals surface area contributed by atoms with E-state index in [1.807, 2.05) is 0 Å². The number of halogens is 1. The lowest BCUT2D eigenvalue weighted by Gasteiger charge is -2.28. The Labute approximate surface area is 155 Å². The molecule has 1 aliphatic carbocycles. The average Bonchev–Trinajstić information content (AvgIpc) is 3.09. The van der Waals surface area contributed by atoms with Gasteiger partial charge in [0.05, 0.1) is 29.0 Å². The first-order valence-corrected chi connectivity index (χ1v) is 10.8. The number of ether oxygens (including phenoxy) is 2. The predicted octanol–water partition coefficient (Wildman–Crippen LogP) is 1.76. The minimum absolute atomic E-state index is 0.267. The van der Waals surface area contributed by atoms with E-state index >= 15 is 0 Å².